The highest BCUT2D eigenvalue weighted by molar-refractivity contribution is 5.97. The monoisotopic (exact) mass is 306 g/mol. The number of rotatable bonds is 5. The first kappa shape index (κ1) is 15.0. The Hall–Kier alpha value is -2.95. The van der Waals surface area contributed by atoms with E-state index < -0.39 is 0 Å². The first-order chi connectivity index (χ1) is 11.3. The van der Waals surface area contributed by atoms with E-state index in [1.807, 2.05) is 61.5 Å². The zero-order valence-electron chi connectivity index (χ0n) is 12.9. The number of amides is 1. The van der Waals surface area contributed by atoms with Crippen molar-refractivity contribution in [2.75, 3.05) is 11.9 Å². The molecule has 0 spiro atoms. The first-order valence-corrected chi connectivity index (χ1v) is 7.65. The van der Waals surface area contributed by atoms with Crippen molar-refractivity contribution in [2.45, 2.75) is 13.3 Å². The molecule has 0 saturated heterocycles. The Morgan fingerprint density at radius 1 is 1.00 bits per heavy atom. The Balaban J connectivity index is 2.02. The number of benzene rings is 2. The van der Waals surface area contributed by atoms with Crippen LogP contribution >= 0.6 is 0 Å². The average molecular weight is 306 g/mol. The fraction of sp³-hybridized carbons (Fsp3) is 0.167. The summed E-state index contributed by atoms with van der Waals surface area (Å²) in [5, 5.41) is 6.96. The predicted molar refractivity (Wildman–Crippen MR) is 91.9 cm³/mol. The molecule has 0 radical (unpaired) electrons. The normalized spacial score (nSPS) is 10.5. The van der Waals surface area contributed by atoms with E-state index in [4.69, 9.17) is 0 Å². The molecule has 5 heteroatoms. The highest BCUT2D eigenvalue weighted by Crippen LogP contribution is 2.23. The van der Waals surface area contributed by atoms with Gasteiger partial charge in [0.2, 0.25) is 5.82 Å². The molecule has 1 amide bonds. The fourth-order valence-corrected chi connectivity index (χ4v) is 2.25. The SMILES string of the molecule is CCCNC(=O)c1nc(Nc2ccccc2)c2ccccc2n1. The highest BCUT2D eigenvalue weighted by atomic mass is 16.2. The molecule has 3 rings (SSSR count). The minimum atomic E-state index is -0.256. The fourth-order valence-electron chi connectivity index (χ4n) is 2.25. The Morgan fingerprint density at radius 3 is 2.52 bits per heavy atom. The summed E-state index contributed by atoms with van der Waals surface area (Å²) in [5.74, 6) is 0.549. The van der Waals surface area contributed by atoms with Gasteiger partial charge >= 0.3 is 0 Å². The molecule has 1 heterocycles. The van der Waals surface area contributed by atoms with Crippen molar-refractivity contribution in [1.29, 1.82) is 0 Å². The number of nitrogens with one attached hydrogen (secondary N) is 2. The van der Waals surface area contributed by atoms with Crippen molar-refractivity contribution < 1.29 is 4.79 Å². The van der Waals surface area contributed by atoms with Crippen LogP contribution in [0.5, 0.6) is 0 Å². The third kappa shape index (κ3) is 3.45. The molecule has 0 unspecified atom stereocenters. The number of hydrogen-bond donors (Lipinski definition) is 2. The van der Waals surface area contributed by atoms with Gasteiger partial charge in [-0.15, -0.1) is 0 Å². The van der Waals surface area contributed by atoms with Gasteiger partial charge in [-0.3, -0.25) is 4.79 Å². The van der Waals surface area contributed by atoms with Gasteiger partial charge in [0, 0.05) is 17.6 Å². The average Bonchev–Trinajstić information content (AvgIpc) is 2.60. The number of anilines is 2. The standard InChI is InChI=1S/C18H18N4O/c1-2-12-19-18(23)17-21-15-11-7-6-10-14(15)16(22-17)20-13-8-4-3-5-9-13/h3-11H,2,12H2,1H3,(H,19,23)(H,20,21,22). The Labute approximate surface area is 134 Å². The predicted octanol–water partition coefficient (Wildman–Crippen LogP) is 3.51. The van der Waals surface area contributed by atoms with Gasteiger partial charge in [-0.25, -0.2) is 9.97 Å². The van der Waals surface area contributed by atoms with E-state index >= 15 is 0 Å². The summed E-state index contributed by atoms with van der Waals surface area (Å²) in [7, 11) is 0. The Bertz CT molecular complexity index is 818. The van der Waals surface area contributed by atoms with E-state index in [1.54, 1.807) is 0 Å². The number of aromatic nitrogens is 2. The summed E-state index contributed by atoms with van der Waals surface area (Å²) in [6.07, 6.45) is 0.869. The topological polar surface area (TPSA) is 66.9 Å². The summed E-state index contributed by atoms with van der Waals surface area (Å²) in [4.78, 5) is 21.0. The Morgan fingerprint density at radius 2 is 1.74 bits per heavy atom. The number of para-hydroxylation sites is 2. The molecular weight excluding hydrogens is 288 g/mol. The van der Waals surface area contributed by atoms with Gasteiger partial charge in [0.15, 0.2) is 0 Å². The smallest absolute Gasteiger partial charge is 0.289 e. The second-order valence-corrected chi connectivity index (χ2v) is 5.16. The third-order valence-electron chi connectivity index (χ3n) is 3.38. The molecule has 0 bridgehead atoms. The molecule has 0 saturated carbocycles. The van der Waals surface area contributed by atoms with Crippen LogP contribution in [0.25, 0.3) is 10.9 Å². The van der Waals surface area contributed by atoms with Gasteiger partial charge in [0.25, 0.3) is 5.91 Å². The maximum absolute atomic E-state index is 12.2. The van der Waals surface area contributed by atoms with E-state index in [0.717, 1.165) is 23.0 Å². The van der Waals surface area contributed by atoms with E-state index in [0.29, 0.717) is 12.4 Å². The maximum Gasteiger partial charge on any atom is 0.289 e. The van der Waals surface area contributed by atoms with Crippen molar-refractivity contribution in [2.24, 2.45) is 0 Å². The van der Waals surface area contributed by atoms with Crippen LogP contribution in [0, 0.1) is 0 Å². The molecule has 23 heavy (non-hydrogen) atoms. The molecule has 1 aromatic heterocycles. The minimum Gasteiger partial charge on any atom is -0.349 e. The van der Waals surface area contributed by atoms with Crippen LogP contribution in [0.3, 0.4) is 0 Å². The van der Waals surface area contributed by atoms with Crippen molar-refractivity contribution >= 4 is 28.3 Å². The molecule has 0 aliphatic heterocycles. The molecule has 2 aromatic carbocycles. The van der Waals surface area contributed by atoms with E-state index in [-0.39, 0.29) is 11.7 Å². The molecular formula is C18H18N4O. The molecule has 0 aliphatic rings. The van der Waals surface area contributed by atoms with Crippen molar-refractivity contribution in [3.63, 3.8) is 0 Å². The molecule has 3 aromatic rings. The van der Waals surface area contributed by atoms with Crippen LogP contribution in [-0.4, -0.2) is 22.4 Å². The van der Waals surface area contributed by atoms with Crippen LogP contribution < -0.4 is 10.6 Å². The second-order valence-electron chi connectivity index (χ2n) is 5.16. The van der Waals surface area contributed by atoms with E-state index in [9.17, 15) is 4.79 Å². The highest BCUT2D eigenvalue weighted by Gasteiger charge is 2.13. The molecule has 0 fully saturated rings. The lowest BCUT2D eigenvalue weighted by molar-refractivity contribution is 0.0944. The number of hydrogen-bond acceptors (Lipinski definition) is 4. The van der Waals surface area contributed by atoms with Crippen LogP contribution in [0.1, 0.15) is 24.0 Å². The minimum absolute atomic E-state index is 0.176. The lowest BCUT2D eigenvalue weighted by atomic mass is 10.2. The van der Waals surface area contributed by atoms with Gasteiger partial charge in [-0.1, -0.05) is 37.3 Å². The summed E-state index contributed by atoms with van der Waals surface area (Å²) in [6, 6.07) is 17.4. The largest absolute Gasteiger partial charge is 0.349 e. The zero-order chi connectivity index (χ0) is 16.1. The van der Waals surface area contributed by atoms with Crippen molar-refractivity contribution in [3.8, 4) is 0 Å². The van der Waals surface area contributed by atoms with Crippen LogP contribution in [0.2, 0.25) is 0 Å². The maximum atomic E-state index is 12.2. The summed E-state index contributed by atoms with van der Waals surface area (Å²) in [5.41, 5.74) is 1.65. The van der Waals surface area contributed by atoms with Crippen molar-refractivity contribution in [3.05, 3.63) is 60.4 Å². The van der Waals surface area contributed by atoms with Crippen LogP contribution in [0.15, 0.2) is 54.6 Å². The number of carbonyl (C=O) groups excluding carboxylic acids is 1. The van der Waals surface area contributed by atoms with Gasteiger partial charge in [0.05, 0.1) is 5.52 Å². The van der Waals surface area contributed by atoms with Gasteiger partial charge < -0.3 is 10.6 Å². The number of fused-ring (bicyclic) bond motifs is 1. The number of carbonyl (C=O) groups is 1. The van der Waals surface area contributed by atoms with Crippen LogP contribution in [0.4, 0.5) is 11.5 Å². The molecule has 0 aliphatic carbocycles. The van der Waals surface area contributed by atoms with Gasteiger partial charge in [0.1, 0.15) is 5.82 Å². The molecule has 5 nitrogen and oxygen atoms in total. The zero-order valence-corrected chi connectivity index (χ0v) is 12.9. The van der Waals surface area contributed by atoms with E-state index in [2.05, 4.69) is 20.6 Å². The Kier molecular flexibility index (Phi) is 4.47. The molecule has 0 atom stereocenters. The lowest BCUT2D eigenvalue weighted by Gasteiger charge is -2.10. The summed E-state index contributed by atoms with van der Waals surface area (Å²) < 4.78 is 0. The second kappa shape index (κ2) is 6.87. The van der Waals surface area contributed by atoms with Gasteiger partial charge in [-0.05, 0) is 30.7 Å². The quantitative estimate of drug-likeness (QED) is 0.757. The molecule has 116 valence electrons. The summed E-state index contributed by atoms with van der Waals surface area (Å²) in [6.45, 7) is 2.61. The van der Waals surface area contributed by atoms with E-state index in [1.165, 1.54) is 0 Å². The third-order valence-corrected chi connectivity index (χ3v) is 3.38. The summed E-state index contributed by atoms with van der Waals surface area (Å²) >= 11 is 0. The first-order valence-electron chi connectivity index (χ1n) is 7.65. The van der Waals surface area contributed by atoms with Crippen molar-refractivity contribution in [1.82, 2.24) is 15.3 Å². The van der Waals surface area contributed by atoms with Gasteiger partial charge in [-0.2, -0.15) is 0 Å². The number of nitrogens with zero attached hydrogens (tertiary/aromatic N) is 2. The van der Waals surface area contributed by atoms with Crippen LogP contribution in [-0.2, 0) is 0 Å². The lowest BCUT2D eigenvalue weighted by Crippen LogP contribution is -2.26. The molecule has 2 N–H and O–H groups in total.